The van der Waals surface area contributed by atoms with Crippen LogP contribution in [0.4, 0.5) is 0 Å². The van der Waals surface area contributed by atoms with Crippen LogP contribution in [0.1, 0.15) is 27.6 Å². The molecule has 0 aromatic heterocycles. The lowest BCUT2D eigenvalue weighted by molar-refractivity contribution is -0.122. The molecule has 0 spiro atoms. The third-order valence-electron chi connectivity index (χ3n) is 5.79. The molecule has 4 N–H and O–H groups in total. The predicted molar refractivity (Wildman–Crippen MR) is 129 cm³/mol. The molecule has 0 radical (unpaired) electrons. The van der Waals surface area contributed by atoms with E-state index in [0.717, 1.165) is 30.3 Å². The van der Waals surface area contributed by atoms with Gasteiger partial charge in [-0.1, -0.05) is 0 Å². The lowest BCUT2D eigenvalue weighted by Gasteiger charge is -2.34. The summed E-state index contributed by atoms with van der Waals surface area (Å²) in [5.41, 5.74) is -0.176. The molecule has 0 saturated heterocycles. The number of carbonyl (C=O) groups is 5. The Labute approximate surface area is 228 Å². The van der Waals surface area contributed by atoms with E-state index in [1.807, 2.05) is 0 Å². The van der Waals surface area contributed by atoms with Crippen LogP contribution in [-0.2, 0) is 30.3 Å². The van der Waals surface area contributed by atoms with Gasteiger partial charge in [-0.2, -0.15) is 0 Å². The number of phenols is 4. The van der Waals surface area contributed by atoms with E-state index in [4.69, 9.17) is 18.9 Å². The van der Waals surface area contributed by atoms with Crippen molar-refractivity contribution < 1.29 is 72.8 Å². The number of phenolic OH excluding ortho intramolecular Hbond substituents is 4. The van der Waals surface area contributed by atoms with Gasteiger partial charge in [-0.25, -0.2) is 4.79 Å². The number of hydrogen-bond acceptors (Lipinski definition) is 15. The monoisotopic (exact) mass is 570 g/mol. The number of ether oxygens (including phenoxy) is 6. The fourth-order valence-corrected chi connectivity index (χ4v) is 4.07. The number of hydrogen-bond donors (Lipinski definition) is 4. The molecule has 4 rings (SSSR count). The van der Waals surface area contributed by atoms with E-state index in [-0.39, 0.29) is 60.5 Å². The van der Waals surface area contributed by atoms with Crippen molar-refractivity contribution in [1.82, 2.24) is 0 Å². The smallest absolute Gasteiger partial charge is 0.338 e. The van der Waals surface area contributed by atoms with Gasteiger partial charge < -0.3 is 48.8 Å². The molecule has 0 amide bonds. The average Bonchev–Trinajstić information content (AvgIpc) is 2.93. The fourth-order valence-electron chi connectivity index (χ4n) is 4.07. The van der Waals surface area contributed by atoms with Crippen LogP contribution in [0.5, 0.6) is 51.7 Å². The van der Waals surface area contributed by atoms with Gasteiger partial charge >= 0.3 is 5.97 Å². The maximum absolute atomic E-state index is 13.2. The summed E-state index contributed by atoms with van der Waals surface area (Å²) in [6.07, 6.45) is -2.83. The Bertz CT molecular complexity index is 1470. The zero-order chi connectivity index (χ0) is 29.7. The Kier molecular flexibility index (Phi) is 8.08. The maximum atomic E-state index is 13.2. The van der Waals surface area contributed by atoms with Gasteiger partial charge in [0, 0.05) is 29.7 Å². The molecule has 212 valence electrons. The van der Waals surface area contributed by atoms with Crippen LogP contribution in [0.25, 0.3) is 0 Å². The summed E-state index contributed by atoms with van der Waals surface area (Å²) in [5, 5.41) is 40.7. The molecule has 0 fully saturated rings. The van der Waals surface area contributed by atoms with Gasteiger partial charge in [-0.15, -0.1) is 0 Å². The van der Waals surface area contributed by atoms with E-state index >= 15 is 0 Å². The van der Waals surface area contributed by atoms with Gasteiger partial charge in [-0.3, -0.25) is 19.2 Å². The van der Waals surface area contributed by atoms with Crippen LogP contribution in [0.2, 0.25) is 0 Å². The molecular formula is C26H18O15. The van der Waals surface area contributed by atoms with Crippen molar-refractivity contribution in [1.29, 1.82) is 0 Å². The third kappa shape index (κ3) is 5.73. The molecule has 0 aliphatic carbocycles. The number of esters is 1. The molecule has 1 heterocycles. The highest BCUT2D eigenvalue weighted by Gasteiger charge is 2.38. The van der Waals surface area contributed by atoms with Crippen molar-refractivity contribution in [3.05, 3.63) is 53.1 Å². The second-order valence-electron chi connectivity index (χ2n) is 8.17. The first-order chi connectivity index (χ1) is 19.7. The fraction of sp³-hybridized carbons (Fsp3) is 0.115. The summed E-state index contributed by atoms with van der Waals surface area (Å²) in [5.74, 6) is -5.30. The molecule has 1 aliphatic rings. The Morgan fingerprint density at radius 2 is 1.22 bits per heavy atom. The Morgan fingerprint density at radius 3 is 1.71 bits per heavy atom. The lowest BCUT2D eigenvalue weighted by Crippen LogP contribution is -2.35. The quantitative estimate of drug-likeness (QED) is 0.190. The molecule has 15 heteroatoms. The Balaban J connectivity index is 1.80. The van der Waals surface area contributed by atoms with Crippen molar-refractivity contribution in [2.45, 2.75) is 18.6 Å². The summed E-state index contributed by atoms with van der Waals surface area (Å²) in [7, 11) is 0. The van der Waals surface area contributed by atoms with Crippen LogP contribution in [-0.4, -0.2) is 58.4 Å². The molecule has 41 heavy (non-hydrogen) atoms. The minimum Gasteiger partial charge on any atom is -0.508 e. The van der Waals surface area contributed by atoms with Crippen LogP contribution < -0.4 is 23.7 Å². The lowest BCUT2D eigenvalue weighted by atomic mass is 9.93. The van der Waals surface area contributed by atoms with Crippen molar-refractivity contribution in [2.75, 3.05) is 0 Å². The van der Waals surface area contributed by atoms with Gasteiger partial charge in [0.05, 0.1) is 5.56 Å². The van der Waals surface area contributed by atoms with E-state index in [0.29, 0.717) is 0 Å². The summed E-state index contributed by atoms with van der Waals surface area (Å²) in [4.78, 5) is 56.9. The normalized spacial score (nSPS) is 15.3. The Morgan fingerprint density at radius 1 is 0.732 bits per heavy atom. The highest BCUT2D eigenvalue weighted by atomic mass is 16.6. The first-order valence-electron chi connectivity index (χ1n) is 11.3. The summed E-state index contributed by atoms with van der Waals surface area (Å²) < 4.78 is 30.3. The molecule has 3 aromatic carbocycles. The average molecular weight is 570 g/mol. The van der Waals surface area contributed by atoms with Crippen molar-refractivity contribution in [3.8, 4) is 51.7 Å². The highest BCUT2D eigenvalue weighted by Crippen LogP contribution is 2.46. The molecule has 2 unspecified atom stereocenters. The minimum atomic E-state index is -1.30. The van der Waals surface area contributed by atoms with Crippen LogP contribution in [0.15, 0.2) is 36.4 Å². The van der Waals surface area contributed by atoms with Crippen molar-refractivity contribution in [2.24, 2.45) is 0 Å². The first-order valence-corrected chi connectivity index (χ1v) is 11.3. The zero-order valence-corrected chi connectivity index (χ0v) is 20.4. The van der Waals surface area contributed by atoms with E-state index < -0.39 is 58.4 Å². The summed E-state index contributed by atoms with van der Waals surface area (Å²) >= 11 is 0. The van der Waals surface area contributed by atoms with Crippen LogP contribution in [0.3, 0.4) is 0 Å². The van der Waals surface area contributed by atoms with Gasteiger partial charge in [-0.05, 0) is 24.3 Å². The second-order valence-corrected chi connectivity index (χ2v) is 8.17. The molecule has 0 bridgehead atoms. The predicted octanol–water partition coefficient (Wildman–Crippen LogP) is 1.55. The largest absolute Gasteiger partial charge is 0.508 e. The number of carbonyl (C=O) groups excluding carboxylic acids is 5. The standard InChI is InChI=1S/C26H18O15/c27-8-36-18-1-12(2-19(23(18)33)37-9-28)25-22(7-15-16(32)5-14(31)6-17(15)40-25)41-26(35)13-3-20(38-10-29)24(34)21(4-13)39-11-30/h1-6,8-11,22,25,31-34H,7H2. The van der Waals surface area contributed by atoms with Gasteiger partial charge in [0.1, 0.15) is 23.4 Å². The van der Waals surface area contributed by atoms with Crippen LogP contribution in [0, 0.1) is 0 Å². The molecule has 3 aromatic rings. The molecule has 1 aliphatic heterocycles. The molecular weight excluding hydrogens is 552 g/mol. The number of rotatable bonds is 11. The van der Waals surface area contributed by atoms with Crippen molar-refractivity contribution >= 4 is 31.9 Å². The highest BCUT2D eigenvalue weighted by molar-refractivity contribution is 5.91. The van der Waals surface area contributed by atoms with Gasteiger partial charge in [0.15, 0.2) is 29.1 Å². The topological polar surface area (TPSA) is 222 Å². The molecule has 2 atom stereocenters. The molecule has 15 nitrogen and oxygen atoms in total. The van der Waals surface area contributed by atoms with Gasteiger partial charge in [0.25, 0.3) is 25.9 Å². The van der Waals surface area contributed by atoms with Gasteiger partial charge in [0.2, 0.25) is 11.5 Å². The first kappa shape index (κ1) is 28.0. The Hall–Kier alpha value is -5.99. The van der Waals surface area contributed by atoms with E-state index in [2.05, 4.69) is 9.47 Å². The third-order valence-corrected chi connectivity index (χ3v) is 5.79. The van der Waals surface area contributed by atoms with E-state index in [1.165, 1.54) is 6.07 Å². The van der Waals surface area contributed by atoms with E-state index in [9.17, 15) is 44.4 Å². The number of fused-ring (bicyclic) bond motifs is 1. The molecule has 0 saturated carbocycles. The minimum absolute atomic E-state index is 0.00305. The number of benzene rings is 3. The SMILES string of the molecule is O=COc1cc(C(=O)OC2Cc3c(O)cc(O)cc3OC2c2cc(OC=O)c(O)c(OC=O)c2)cc(OC=O)c1O. The van der Waals surface area contributed by atoms with E-state index in [1.54, 1.807) is 0 Å². The maximum Gasteiger partial charge on any atom is 0.338 e. The summed E-state index contributed by atoms with van der Waals surface area (Å²) in [6.45, 7) is -0.0938. The summed E-state index contributed by atoms with van der Waals surface area (Å²) in [6, 6.07) is 6.33. The second kappa shape index (κ2) is 11.8. The van der Waals surface area contributed by atoms with Crippen molar-refractivity contribution in [3.63, 3.8) is 0 Å². The van der Waals surface area contributed by atoms with Crippen LogP contribution >= 0.6 is 0 Å². The number of aromatic hydroxyl groups is 4. The zero-order valence-electron chi connectivity index (χ0n) is 20.4.